The van der Waals surface area contributed by atoms with E-state index in [1.807, 2.05) is 6.08 Å². The number of carbonyl (C=O) groups excluding carboxylic acids is 1. The SMILES string of the molecule is CCCCCCCC=CC(=O)OCCO. The molecule has 0 bridgehead atoms. The van der Waals surface area contributed by atoms with Gasteiger partial charge in [-0.3, -0.25) is 0 Å². The summed E-state index contributed by atoms with van der Waals surface area (Å²) >= 11 is 0. The van der Waals surface area contributed by atoms with Crippen LogP contribution in [0.25, 0.3) is 0 Å². The molecule has 0 amide bonds. The summed E-state index contributed by atoms with van der Waals surface area (Å²) in [5.74, 6) is -0.363. The normalized spacial score (nSPS) is 10.8. The summed E-state index contributed by atoms with van der Waals surface area (Å²) in [5, 5.41) is 8.41. The van der Waals surface area contributed by atoms with Crippen LogP contribution in [0, 0.1) is 0 Å². The van der Waals surface area contributed by atoms with E-state index < -0.39 is 0 Å². The average Bonchev–Trinajstić information content (AvgIpc) is 2.25. The molecule has 1 N–H and O–H groups in total. The van der Waals surface area contributed by atoms with E-state index >= 15 is 0 Å². The second-order valence-electron chi connectivity index (χ2n) is 3.50. The van der Waals surface area contributed by atoms with Crippen LogP contribution in [0.2, 0.25) is 0 Å². The molecule has 0 saturated carbocycles. The molecule has 0 aromatic carbocycles. The lowest BCUT2D eigenvalue weighted by atomic mass is 10.1. The highest BCUT2D eigenvalue weighted by Crippen LogP contribution is 2.05. The van der Waals surface area contributed by atoms with Crippen molar-refractivity contribution in [3.63, 3.8) is 0 Å². The van der Waals surface area contributed by atoms with Crippen molar-refractivity contribution in [3.8, 4) is 0 Å². The average molecular weight is 214 g/mol. The van der Waals surface area contributed by atoms with Gasteiger partial charge in [-0.15, -0.1) is 0 Å². The largest absolute Gasteiger partial charge is 0.460 e. The van der Waals surface area contributed by atoms with E-state index in [4.69, 9.17) is 5.11 Å². The number of allylic oxidation sites excluding steroid dienone is 1. The van der Waals surface area contributed by atoms with Crippen LogP contribution in [0.5, 0.6) is 0 Å². The van der Waals surface area contributed by atoms with Crippen molar-refractivity contribution in [1.29, 1.82) is 0 Å². The van der Waals surface area contributed by atoms with Crippen molar-refractivity contribution in [1.82, 2.24) is 0 Å². The molecule has 0 fully saturated rings. The van der Waals surface area contributed by atoms with Gasteiger partial charge < -0.3 is 9.84 Å². The molecular formula is C12H22O3. The standard InChI is InChI=1S/C12H22O3/c1-2-3-4-5-6-7-8-9-12(14)15-11-10-13/h8-9,13H,2-7,10-11H2,1H3. The minimum Gasteiger partial charge on any atom is -0.460 e. The number of aliphatic hydroxyl groups excluding tert-OH is 1. The molecule has 0 unspecified atom stereocenters. The zero-order valence-corrected chi connectivity index (χ0v) is 9.58. The summed E-state index contributed by atoms with van der Waals surface area (Å²) in [4.78, 5) is 10.9. The molecular weight excluding hydrogens is 192 g/mol. The number of hydrogen-bond donors (Lipinski definition) is 1. The molecule has 3 nitrogen and oxygen atoms in total. The highest BCUT2D eigenvalue weighted by Gasteiger charge is 1.94. The maximum atomic E-state index is 10.9. The minimum absolute atomic E-state index is 0.0830. The van der Waals surface area contributed by atoms with Crippen molar-refractivity contribution in [3.05, 3.63) is 12.2 Å². The number of carbonyl (C=O) groups is 1. The fourth-order valence-electron chi connectivity index (χ4n) is 1.24. The lowest BCUT2D eigenvalue weighted by Crippen LogP contribution is -2.04. The van der Waals surface area contributed by atoms with Crippen LogP contribution in [0.3, 0.4) is 0 Å². The van der Waals surface area contributed by atoms with Gasteiger partial charge in [-0.1, -0.05) is 38.7 Å². The second-order valence-corrected chi connectivity index (χ2v) is 3.50. The number of unbranched alkanes of at least 4 members (excludes halogenated alkanes) is 5. The molecule has 0 aliphatic heterocycles. The van der Waals surface area contributed by atoms with E-state index in [9.17, 15) is 4.79 Å². The van der Waals surface area contributed by atoms with Crippen molar-refractivity contribution < 1.29 is 14.6 Å². The lowest BCUT2D eigenvalue weighted by molar-refractivity contribution is -0.138. The summed E-state index contributed by atoms with van der Waals surface area (Å²) in [5.41, 5.74) is 0. The number of rotatable bonds is 9. The van der Waals surface area contributed by atoms with Gasteiger partial charge in [-0.25, -0.2) is 4.79 Å². The first-order chi connectivity index (χ1) is 7.31. The summed E-state index contributed by atoms with van der Waals surface area (Å²) in [7, 11) is 0. The van der Waals surface area contributed by atoms with E-state index in [0.717, 1.165) is 12.8 Å². The number of ether oxygens (including phenoxy) is 1. The topological polar surface area (TPSA) is 46.5 Å². The summed E-state index contributed by atoms with van der Waals surface area (Å²) < 4.78 is 4.66. The summed E-state index contributed by atoms with van der Waals surface area (Å²) in [6.07, 6.45) is 10.4. The van der Waals surface area contributed by atoms with Crippen molar-refractivity contribution in [2.75, 3.05) is 13.2 Å². The predicted molar refractivity (Wildman–Crippen MR) is 60.6 cm³/mol. The highest BCUT2D eigenvalue weighted by atomic mass is 16.5. The monoisotopic (exact) mass is 214 g/mol. The zero-order valence-electron chi connectivity index (χ0n) is 9.58. The first-order valence-electron chi connectivity index (χ1n) is 5.75. The van der Waals surface area contributed by atoms with E-state index in [1.54, 1.807) is 0 Å². The molecule has 0 spiro atoms. The van der Waals surface area contributed by atoms with Crippen LogP contribution in [-0.2, 0) is 9.53 Å². The molecule has 0 heterocycles. The fraction of sp³-hybridized carbons (Fsp3) is 0.750. The lowest BCUT2D eigenvalue weighted by Gasteiger charge is -1.97. The summed E-state index contributed by atoms with van der Waals surface area (Å²) in [6, 6.07) is 0. The Morgan fingerprint density at radius 1 is 1.27 bits per heavy atom. The van der Waals surface area contributed by atoms with Gasteiger partial charge in [-0.05, 0) is 12.8 Å². The van der Waals surface area contributed by atoms with Gasteiger partial charge in [0, 0.05) is 6.08 Å². The van der Waals surface area contributed by atoms with Crippen LogP contribution >= 0.6 is 0 Å². The third-order valence-corrected chi connectivity index (χ3v) is 2.06. The quantitative estimate of drug-likeness (QED) is 0.364. The van der Waals surface area contributed by atoms with E-state index in [2.05, 4.69) is 11.7 Å². The highest BCUT2D eigenvalue weighted by molar-refractivity contribution is 5.81. The Balaban J connectivity index is 3.26. The Kier molecular flexibility index (Phi) is 10.6. The van der Waals surface area contributed by atoms with E-state index in [0.29, 0.717) is 0 Å². The Hall–Kier alpha value is -0.830. The molecule has 0 aliphatic carbocycles. The minimum atomic E-state index is -0.363. The third kappa shape index (κ3) is 11.1. The van der Waals surface area contributed by atoms with Gasteiger partial charge in [0.05, 0.1) is 6.61 Å². The molecule has 0 saturated heterocycles. The van der Waals surface area contributed by atoms with Gasteiger partial charge in [0.2, 0.25) is 0 Å². The molecule has 0 aliphatic rings. The molecule has 0 aromatic rings. The smallest absolute Gasteiger partial charge is 0.330 e. The van der Waals surface area contributed by atoms with E-state index in [-0.39, 0.29) is 19.2 Å². The zero-order chi connectivity index (χ0) is 11.4. The molecule has 88 valence electrons. The van der Waals surface area contributed by atoms with Gasteiger partial charge in [0.1, 0.15) is 6.61 Å². The maximum absolute atomic E-state index is 10.9. The van der Waals surface area contributed by atoms with Crippen LogP contribution in [0.4, 0.5) is 0 Å². The van der Waals surface area contributed by atoms with E-state index in [1.165, 1.54) is 31.8 Å². The Labute approximate surface area is 92.1 Å². The van der Waals surface area contributed by atoms with Crippen molar-refractivity contribution in [2.24, 2.45) is 0 Å². The second kappa shape index (κ2) is 11.2. The van der Waals surface area contributed by atoms with Crippen molar-refractivity contribution in [2.45, 2.75) is 45.4 Å². The molecule has 0 aromatic heterocycles. The number of esters is 1. The van der Waals surface area contributed by atoms with Gasteiger partial charge >= 0.3 is 5.97 Å². The van der Waals surface area contributed by atoms with Crippen molar-refractivity contribution >= 4 is 5.97 Å². The predicted octanol–water partition coefficient (Wildman–Crippen LogP) is 2.44. The first-order valence-corrected chi connectivity index (χ1v) is 5.75. The Morgan fingerprint density at radius 3 is 2.67 bits per heavy atom. The Morgan fingerprint density at radius 2 is 2.00 bits per heavy atom. The molecule has 15 heavy (non-hydrogen) atoms. The molecule has 0 radical (unpaired) electrons. The Bertz CT molecular complexity index is 176. The third-order valence-electron chi connectivity index (χ3n) is 2.06. The van der Waals surface area contributed by atoms with Gasteiger partial charge in [0.15, 0.2) is 0 Å². The summed E-state index contributed by atoms with van der Waals surface area (Å²) in [6.45, 7) is 2.16. The first kappa shape index (κ1) is 14.2. The van der Waals surface area contributed by atoms with Crippen LogP contribution in [0.1, 0.15) is 45.4 Å². The van der Waals surface area contributed by atoms with Crippen LogP contribution in [0.15, 0.2) is 12.2 Å². The van der Waals surface area contributed by atoms with Gasteiger partial charge in [-0.2, -0.15) is 0 Å². The molecule has 0 rings (SSSR count). The number of hydrogen-bond acceptors (Lipinski definition) is 3. The number of aliphatic hydroxyl groups is 1. The fourth-order valence-corrected chi connectivity index (χ4v) is 1.24. The molecule has 0 atom stereocenters. The van der Waals surface area contributed by atoms with Crippen LogP contribution < -0.4 is 0 Å². The van der Waals surface area contributed by atoms with Crippen LogP contribution in [-0.4, -0.2) is 24.3 Å². The molecule has 3 heteroatoms. The van der Waals surface area contributed by atoms with Gasteiger partial charge in [0.25, 0.3) is 0 Å². The maximum Gasteiger partial charge on any atom is 0.330 e.